The van der Waals surface area contributed by atoms with Crippen molar-refractivity contribution >= 4 is 29.1 Å². The molecule has 16 heavy (non-hydrogen) atoms. The number of hydrogen-bond acceptors (Lipinski definition) is 4. The summed E-state index contributed by atoms with van der Waals surface area (Å²) < 4.78 is 5.06. The second-order valence-electron chi connectivity index (χ2n) is 4.22. The molecule has 0 saturated heterocycles. The fraction of sp³-hybridized carbons (Fsp3) is 0.400. The Labute approximate surface area is 98.9 Å². The Hall–Kier alpha value is -1.49. The van der Waals surface area contributed by atoms with Crippen LogP contribution in [0.1, 0.15) is 20.8 Å². The van der Waals surface area contributed by atoms with Crippen molar-refractivity contribution in [2.45, 2.75) is 26.4 Å². The quantitative estimate of drug-likeness (QED) is 0.744. The summed E-state index contributed by atoms with van der Waals surface area (Å²) in [6.45, 7) is 5.32. The monoisotopic (exact) mass is 243 g/mol. The third-order valence-corrected chi connectivity index (χ3v) is 1.74. The molecule has 0 unspecified atom stereocenters. The van der Waals surface area contributed by atoms with Gasteiger partial charge in [-0.2, -0.15) is 0 Å². The third-order valence-electron chi connectivity index (χ3n) is 1.54. The van der Waals surface area contributed by atoms with Crippen molar-refractivity contribution in [2.24, 2.45) is 0 Å². The summed E-state index contributed by atoms with van der Waals surface area (Å²) in [5, 5.41) is 2.76. The Morgan fingerprint density at radius 2 is 2.19 bits per heavy atom. The second-order valence-corrected chi connectivity index (χ2v) is 4.61. The van der Waals surface area contributed by atoms with Crippen LogP contribution < -0.4 is 11.1 Å². The number of anilines is 2. The molecule has 1 aromatic heterocycles. The molecule has 0 atom stereocenters. The lowest BCUT2D eigenvalue weighted by atomic mass is 10.2. The predicted octanol–water partition coefficient (Wildman–Crippen LogP) is 2.66. The van der Waals surface area contributed by atoms with E-state index in [1.165, 1.54) is 12.3 Å². The lowest BCUT2D eigenvalue weighted by Gasteiger charge is -2.19. The van der Waals surface area contributed by atoms with Gasteiger partial charge in [0.15, 0.2) is 0 Å². The van der Waals surface area contributed by atoms with Crippen molar-refractivity contribution in [3.8, 4) is 0 Å². The molecular formula is C10H14ClN3O2. The van der Waals surface area contributed by atoms with Crippen molar-refractivity contribution in [1.82, 2.24) is 4.98 Å². The maximum atomic E-state index is 11.4. The Bertz CT molecular complexity index is 402. The average Bonchev–Trinajstić information content (AvgIpc) is 2.06. The number of pyridine rings is 1. The van der Waals surface area contributed by atoms with Gasteiger partial charge in [0.2, 0.25) is 0 Å². The van der Waals surface area contributed by atoms with Crippen LogP contribution in [0.4, 0.5) is 16.2 Å². The first-order chi connectivity index (χ1) is 7.28. The molecule has 6 heteroatoms. The molecule has 0 radical (unpaired) electrons. The summed E-state index contributed by atoms with van der Waals surface area (Å²) in [6.07, 6.45) is 0.796. The summed E-state index contributed by atoms with van der Waals surface area (Å²) in [7, 11) is 0. The first-order valence-corrected chi connectivity index (χ1v) is 5.07. The van der Waals surface area contributed by atoms with Crippen LogP contribution in [0.3, 0.4) is 0 Å². The van der Waals surface area contributed by atoms with Gasteiger partial charge < -0.3 is 10.5 Å². The number of rotatable bonds is 1. The van der Waals surface area contributed by atoms with E-state index in [4.69, 9.17) is 22.1 Å². The number of nitrogen functional groups attached to an aromatic ring is 1. The highest BCUT2D eigenvalue weighted by molar-refractivity contribution is 6.29. The number of carbonyl (C=O) groups excluding carboxylic acids is 1. The highest BCUT2D eigenvalue weighted by Crippen LogP contribution is 2.20. The molecule has 1 rings (SSSR count). The number of hydrogen-bond donors (Lipinski definition) is 2. The molecule has 0 aliphatic carbocycles. The van der Waals surface area contributed by atoms with Crippen molar-refractivity contribution < 1.29 is 9.53 Å². The molecule has 0 aliphatic heterocycles. The number of nitrogens with one attached hydrogen (secondary N) is 1. The van der Waals surface area contributed by atoms with E-state index in [9.17, 15) is 4.79 Å². The van der Waals surface area contributed by atoms with Gasteiger partial charge in [0.1, 0.15) is 10.8 Å². The van der Waals surface area contributed by atoms with Crippen molar-refractivity contribution in [1.29, 1.82) is 0 Å². The summed E-state index contributed by atoms with van der Waals surface area (Å²) in [6, 6.07) is 1.45. The standard InChI is InChI=1S/C10H14ClN3O2/c1-10(2,3)16-9(15)14-7-5-13-8(11)4-6(7)12/h4-5H,1-3H3,(H2,12,13)(H,14,15). The Balaban J connectivity index is 2.70. The topological polar surface area (TPSA) is 77.2 Å². The molecule has 3 N–H and O–H groups in total. The molecule has 0 bridgehead atoms. The van der Waals surface area contributed by atoms with Gasteiger partial charge >= 0.3 is 6.09 Å². The minimum atomic E-state index is -0.580. The van der Waals surface area contributed by atoms with Crippen LogP contribution in [0.15, 0.2) is 12.3 Å². The molecule has 1 aromatic rings. The highest BCUT2D eigenvalue weighted by Gasteiger charge is 2.16. The fourth-order valence-corrected chi connectivity index (χ4v) is 1.13. The van der Waals surface area contributed by atoms with E-state index in [0.29, 0.717) is 11.4 Å². The second kappa shape index (κ2) is 4.57. The van der Waals surface area contributed by atoms with E-state index >= 15 is 0 Å². The van der Waals surface area contributed by atoms with Crippen LogP contribution >= 0.6 is 11.6 Å². The lowest BCUT2D eigenvalue weighted by molar-refractivity contribution is 0.0636. The van der Waals surface area contributed by atoms with Gasteiger partial charge in [-0.05, 0) is 20.8 Å². The van der Waals surface area contributed by atoms with E-state index in [1.54, 1.807) is 20.8 Å². The van der Waals surface area contributed by atoms with Crippen LogP contribution in [0.2, 0.25) is 5.15 Å². The third kappa shape index (κ3) is 3.94. The van der Waals surface area contributed by atoms with Gasteiger partial charge in [-0.15, -0.1) is 0 Å². The molecule has 0 saturated carbocycles. The molecule has 0 aliphatic rings. The van der Waals surface area contributed by atoms with Crippen LogP contribution in [0.5, 0.6) is 0 Å². The predicted molar refractivity (Wildman–Crippen MR) is 63.5 cm³/mol. The van der Waals surface area contributed by atoms with Gasteiger partial charge in [-0.3, -0.25) is 5.32 Å². The fourth-order valence-electron chi connectivity index (χ4n) is 0.962. The molecule has 0 aromatic carbocycles. The molecular weight excluding hydrogens is 230 g/mol. The minimum Gasteiger partial charge on any atom is -0.444 e. The van der Waals surface area contributed by atoms with Crippen LogP contribution in [-0.4, -0.2) is 16.7 Å². The lowest BCUT2D eigenvalue weighted by Crippen LogP contribution is -2.27. The van der Waals surface area contributed by atoms with E-state index in [-0.39, 0.29) is 5.15 Å². The molecule has 5 nitrogen and oxygen atoms in total. The molecule has 1 heterocycles. The summed E-state index contributed by atoms with van der Waals surface area (Å²) in [5.74, 6) is 0. The number of ether oxygens (including phenoxy) is 1. The molecule has 1 amide bonds. The zero-order chi connectivity index (χ0) is 12.3. The maximum Gasteiger partial charge on any atom is 0.412 e. The Kier molecular flexibility index (Phi) is 3.59. The zero-order valence-electron chi connectivity index (χ0n) is 9.37. The van der Waals surface area contributed by atoms with Gasteiger partial charge in [-0.25, -0.2) is 9.78 Å². The van der Waals surface area contributed by atoms with Gasteiger partial charge in [0, 0.05) is 6.07 Å². The Morgan fingerprint density at radius 3 is 2.69 bits per heavy atom. The van der Waals surface area contributed by atoms with Crippen LogP contribution in [-0.2, 0) is 4.74 Å². The summed E-state index contributed by atoms with van der Waals surface area (Å²) in [5.41, 5.74) is 5.79. The van der Waals surface area contributed by atoms with Gasteiger partial charge in [0.05, 0.1) is 17.6 Å². The smallest absolute Gasteiger partial charge is 0.412 e. The maximum absolute atomic E-state index is 11.4. The van der Waals surface area contributed by atoms with Crippen molar-refractivity contribution in [3.05, 3.63) is 17.4 Å². The van der Waals surface area contributed by atoms with E-state index in [2.05, 4.69) is 10.3 Å². The average molecular weight is 244 g/mol. The van der Waals surface area contributed by atoms with Gasteiger partial charge in [0.25, 0.3) is 0 Å². The van der Waals surface area contributed by atoms with E-state index < -0.39 is 11.7 Å². The molecule has 0 fully saturated rings. The number of carbonyl (C=O) groups is 1. The van der Waals surface area contributed by atoms with E-state index in [1.807, 2.05) is 0 Å². The highest BCUT2D eigenvalue weighted by atomic mass is 35.5. The van der Waals surface area contributed by atoms with Crippen LogP contribution in [0, 0.1) is 0 Å². The number of nitrogens with two attached hydrogens (primary N) is 1. The van der Waals surface area contributed by atoms with Crippen molar-refractivity contribution in [2.75, 3.05) is 11.1 Å². The first kappa shape index (κ1) is 12.6. The molecule has 88 valence electrons. The van der Waals surface area contributed by atoms with Crippen LogP contribution in [0.25, 0.3) is 0 Å². The normalized spacial score (nSPS) is 11.0. The summed E-state index contributed by atoms with van der Waals surface area (Å²) >= 11 is 5.62. The number of aromatic nitrogens is 1. The number of nitrogens with zero attached hydrogens (tertiary/aromatic N) is 1. The number of halogens is 1. The largest absolute Gasteiger partial charge is 0.444 e. The molecule has 0 spiro atoms. The Morgan fingerprint density at radius 1 is 1.56 bits per heavy atom. The summed E-state index contributed by atoms with van der Waals surface area (Å²) in [4.78, 5) is 15.2. The van der Waals surface area contributed by atoms with E-state index in [0.717, 1.165) is 0 Å². The minimum absolute atomic E-state index is 0.271. The zero-order valence-corrected chi connectivity index (χ0v) is 10.1. The first-order valence-electron chi connectivity index (χ1n) is 4.69. The van der Waals surface area contributed by atoms with Crippen molar-refractivity contribution in [3.63, 3.8) is 0 Å². The number of amides is 1. The van der Waals surface area contributed by atoms with Gasteiger partial charge in [-0.1, -0.05) is 11.6 Å². The SMILES string of the molecule is CC(C)(C)OC(=O)Nc1cnc(Cl)cc1N.